The van der Waals surface area contributed by atoms with Crippen molar-refractivity contribution in [2.45, 2.75) is 26.3 Å². The van der Waals surface area contributed by atoms with Crippen molar-refractivity contribution >= 4 is 39.9 Å². The maximum Gasteiger partial charge on any atom is 0.207 e. The molecule has 0 spiro atoms. The highest BCUT2D eigenvalue weighted by Crippen LogP contribution is 2.32. The van der Waals surface area contributed by atoms with Crippen LogP contribution in [0, 0.1) is 6.92 Å². The van der Waals surface area contributed by atoms with Crippen LogP contribution in [0.25, 0.3) is 16.5 Å². The maximum absolute atomic E-state index is 6.44. The zero-order valence-corrected chi connectivity index (χ0v) is 17.3. The molecule has 0 radical (unpaired) electrons. The van der Waals surface area contributed by atoms with E-state index < -0.39 is 0 Å². The van der Waals surface area contributed by atoms with Crippen molar-refractivity contribution in [2.24, 2.45) is 0 Å². The summed E-state index contributed by atoms with van der Waals surface area (Å²) >= 11 is 12.5. The van der Waals surface area contributed by atoms with Gasteiger partial charge in [-0.2, -0.15) is 0 Å². The lowest BCUT2D eigenvalue weighted by Crippen LogP contribution is -2.14. The van der Waals surface area contributed by atoms with E-state index in [0.717, 1.165) is 23.6 Å². The van der Waals surface area contributed by atoms with E-state index in [0.29, 0.717) is 10.0 Å². The lowest BCUT2D eigenvalue weighted by molar-refractivity contribution is 0.735. The van der Waals surface area contributed by atoms with E-state index in [1.54, 1.807) is 6.07 Å². The molecule has 0 aliphatic carbocycles. The number of nitrogens with one attached hydrogen (secondary N) is 1. The van der Waals surface area contributed by atoms with Crippen molar-refractivity contribution in [1.82, 2.24) is 9.55 Å². The normalized spacial score (nSPS) is 12.3. The van der Waals surface area contributed by atoms with E-state index in [-0.39, 0.29) is 6.04 Å². The smallest absolute Gasteiger partial charge is 0.207 e. The lowest BCUT2D eigenvalue weighted by Gasteiger charge is -2.21. The van der Waals surface area contributed by atoms with Crippen molar-refractivity contribution in [1.29, 1.82) is 0 Å². The fourth-order valence-corrected chi connectivity index (χ4v) is 4.16. The molecule has 0 aliphatic heterocycles. The van der Waals surface area contributed by atoms with Crippen molar-refractivity contribution in [3.05, 3.63) is 88.2 Å². The van der Waals surface area contributed by atoms with Crippen LogP contribution in [0.15, 0.2) is 67.0 Å². The monoisotopic (exact) mass is 409 g/mol. The van der Waals surface area contributed by atoms with Gasteiger partial charge in [-0.3, -0.25) is 4.57 Å². The van der Waals surface area contributed by atoms with Crippen LogP contribution in [-0.2, 0) is 0 Å². The Bertz CT molecular complexity index is 1130. The third kappa shape index (κ3) is 3.48. The van der Waals surface area contributed by atoms with Crippen molar-refractivity contribution in [3.8, 4) is 5.69 Å². The molecule has 0 saturated carbocycles. The second-order valence-corrected chi connectivity index (χ2v) is 7.67. The highest BCUT2D eigenvalue weighted by Gasteiger charge is 2.17. The number of halogens is 2. The maximum atomic E-state index is 6.44. The molecule has 0 bridgehead atoms. The van der Waals surface area contributed by atoms with Gasteiger partial charge < -0.3 is 5.32 Å². The van der Waals surface area contributed by atoms with Crippen LogP contribution in [0.3, 0.4) is 0 Å². The summed E-state index contributed by atoms with van der Waals surface area (Å²) in [6.45, 7) is 4.27. The van der Waals surface area contributed by atoms with Crippen LogP contribution in [0.5, 0.6) is 0 Å². The van der Waals surface area contributed by atoms with Crippen LogP contribution in [0.4, 0.5) is 5.95 Å². The molecule has 0 aliphatic rings. The number of nitrogens with zero attached hydrogens (tertiary/aromatic N) is 2. The van der Waals surface area contributed by atoms with E-state index in [1.165, 1.54) is 16.3 Å². The second kappa shape index (κ2) is 7.86. The average Bonchev–Trinajstić information content (AvgIpc) is 3.15. The highest BCUT2D eigenvalue weighted by atomic mass is 35.5. The second-order valence-electron chi connectivity index (χ2n) is 6.82. The van der Waals surface area contributed by atoms with Gasteiger partial charge in [-0.1, -0.05) is 66.5 Å². The lowest BCUT2D eigenvalue weighted by atomic mass is 10.0. The number of aromatic nitrogens is 2. The number of fused-ring (bicyclic) bond motifs is 1. The molecule has 1 atom stereocenters. The molecule has 0 saturated heterocycles. The first-order valence-electron chi connectivity index (χ1n) is 9.32. The Morgan fingerprint density at radius 1 is 1.07 bits per heavy atom. The summed E-state index contributed by atoms with van der Waals surface area (Å²) in [5, 5.41) is 7.32. The summed E-state index contributed by atoms with van der Waals surface area (Å²) in [5.41, 5.74) is 3.34. The fourth-order valence-electron chi connectivity index (χ4n) is 3.62. The minimum absolute atomic E-state index is 0.0340. The Labute approximate surface area is 174 Å². The number of aryl methyl sites for hydroxylation is 1. The molecule has 0 amide bonds. The zero-order chi connectivity index (χ0) is 19.7. The summed E-state index contributed by atoms with van der Waals surface area (Å²) in [4.78, 5) is 4.56. The first-order chi connectivity index (χ1) is 13.6. The summed E-state index contributed by atoms with van der Waals surface area (Å²) in [6.07, 6.45) is 4.66. The number of hydrogen-bond acceptors (Lipinski definition) is 2. The summed E-state index contributed by atoms with van der Waals surface area (Å²) in [6, 6.07) is 18.4. The van der Waals surface area contributed by atoms with E-state index >= 15 is 0 Å². The predicted molar refractivity (Wildman–Crippen MR) is 119 cm³/mol. The van der Waals surface area contributed by atoms with Gasteiger partial charge in [0.2, 0.25) is 5.95 Å². The van der Waals surface area contributed by atoms with Crippen molar-refractivity contribution in [3.63, 3.8) is 0 Å². The molecule has 1 N–H and O–H groups in total. The van der Waals surface area contributed by atoms with E-state index in [9.17, 15) is 0 Å². The molecule has 0 fully saturated rings. The van der Waals surface area contributed by atoms with Crippen LogP contribution in [-0.4, -0.2) is 9.55 Å². The molecule has 1 heterocycles. The van der Waals surface area contributed by atoms with Crippen molar-refractivity contribution < 1.29 is 0 Å². The molecular weight excluding hydrogens is 389 g/mol. The van der Waals surface area contributed by atoms with E-state index in [1.807, 2.05) is 24.5 Å². The minimum Gasteiger partial charge on any atom is -0.349 e. The zero-order valence-electron chi connectivity index (χ0n) is 15.8. The van der Waals surface area contributed by atoms with Gasteiger partial charge in [0.1, 0.15) is 0 Å². The topological polar surface area (TPSA) is 29.9 Å². The molecule has 3 aromatic carbocycles. The average molecular weight is 410 g/mol. The molecule has 5 heteroatoms. The van der Waals surface area contributed by atoms with Gasteiger partial charge in [0.05, 0.1) is 11.7 Å². The summed E-state index contributed by atoms with van der Waals surface area (Å²) in [5.74, 6) is 0.788. The first kappa shape index (κ1) is 18.9. The number of anilines is 1. The van der Waals surface area contributed by atoms with Gasteiger partial charge in [-0.15, -0.1) is 0 Å². The SMILES string of the molecule is CCC(Nc1nccn1-c1ccc2ccccc2c1C)c1ccc(Cl)cc1Cl. The Kier molecular flexibility index (Phi) is 5.29. The Balaban J connectivity index is 1.72. The van der Waals surface area contributed by atoms with Crippen LogP contribution < -0.4 is 5.32 Å². The third-order valence-corrected chi connectivity index (χ3v) is 5.68. The predicted octanol–water partition coefficient (Wildman–Crippen LogP) is 7.20. The fraction of sp³-hybridized carbons (Fsp3) is 0.174. The molecule has 1 unspecified atom stereocenters. The molecule has 4 aromatic rings. The van der Waals surface area contributed by atoms with Gasteiger partial charge >= 0.3 is 0 Å². The molecule has 4 rings (SSSR count). The standard InChI is InChI=1S/C23H21Cl2N3/c1-3-21(19-10-9-17(24)14-20(19)25)27-23-26-12-13-28(23)22-11-8-16-6-4-5-7-18(16)15(22)2/h4-14,21H,3H2,1-2H3,(H,26,27). The Hall–Kier alpha value is -2.49. The van der Waals surface area contributed by atoms with Crippen LogP contribution >= 0.6 is 23.2 Å². The summed E-state index contributed by atoms with van der Waals surface area (Å²) < 4.78 is 2.09. The minimum atomic E-state index is 0.0340. The number of rotatable bonds is 5. The van der Waals surface area contributed by atoms with Gasteiger partial charge in [-0.25, -0.2) is 4.98 Å². The quantitative estimate of drug-likeness (QED) is 0.377. The number of imidazole rings is 1. The molecule has 1 aromatic heterocycles. The molecular formula is C23H21Cl2N3. The van der Waals surface area contributed by atoms with Gasteiger partial charge in [0, 0.05) is 22.4 Å². The van der Waals surface area contributed by atoms with Crippen LogP contribution in [0.2, 0.25) is 10.0 Å². The molecule has 3 nitrogen and oxygen atoms in total. The molecule has 28 heavy (non-hydrogen) atoms. The van der Waals surface area contributed by atoms with Gasteiger partial charge in [-0.05, 0) is 53.4 Å². The Morgan fingerprint density at radius 3 is 2.68 bits per heavy atom. The number of benzene rings is 3. The van der Waals surface area contributed by atoms with E-state index in [2.05, 4.69) is 65.1 Å². The largest absolute Gasteiger partial charge is 0.349 e. The van der Waals surface area contributed by atoms with Crippen molar-refractivity contribution in [2.75, 3.05) is 5.32 Å². The summed E-state index contributed by atoms with van der Waals surface area (Å²) in [7, 11) is 0. The highest BCUT2D eigenvalue weighted by molar-refractivity contribution is 6.35. The number of hydrogen-bond donors (Lipinski definition) is 1. The van der Waals surface area contributed by atoms with Gasteiger partial charge in [0.25, 0.3) is 0 Å². The first-order valence-corrected chi connectivity index (χ1v) is 10.1. The van der Waals surface area contributed by atoms with Crippen LogP contribution in [0.1, 0.15) is 30.5 Å². The van der Waals surface area contributed by atoms with E-state index in [4.69, 9.17) is 23.2 Å². The van der Waals surface area contributed by atoms with Gasteiger partial charge in [0.15, 0.2) is 0 Å². The third-order valence-electron chi connectivity index (χ3n) is 5.12. The Morgan fingerprint density at radius 2 is 1.89 bits per heavy atom. The molecule has 142 valence electrons.